The van der Waals surface area contributed by atoms with Crippen LogP contribution in [0.4, 0.5) is 4.79 Å². The van der Waals surface area contributed by atoms with Crippen LogP contribution >= 0.6 is 0 Å². The highest BCUT2D eigenvalue weighted by atomic mass is 16.2. The molecule has 0 bridgehead atoms. The van der Waals surface area contributed by atoms with Crippen LogP contribution in [0, 0.1) is 0 Å². The molecule has 0 radical (unpaired) electrons. The van der Waals surface area contributed by atoms with Crippen LogP contribution in [0.15, 0.2) is 0 Å². The van der Waals surface area contributed by atoms with Gasteiger partial charge in [0.2, 0.25) is 5.91 Å². The van der Waals surface area contributed by atoms with Crippen LogP contribution < -0.4 is 5.43 Å². The Morgan fingerprint density at radius 3 is 2.50 bits per heavy atom. The molecule has 0 aromatic carbocycles. The van der Waals surface area contributed by atoms with E-state index in [9.17, 15) is 14.4 Å². The van der Waals surface area contributed by atoms with Gasteiger partial charge < -0.3 is 4.90 Å². The summed E-state index contributed by atoms with van der Waals surface area (Å²) in [6.07, 6.45) is 0. The molecule has 1 heterocycles. The standard InChI is InChI=1S/C8H13N3O3/c1-6(12)5-10-3-4-11(8(10)14)9-7(2)13/h3-5H2,1-2H3,(H,9,13). The van der Waals surface area contributed by atoms with Crippen molar-refractivity contribution in [3.63, 3.8) is 0 Å². The smallest absolute Gasteiger partial charge is 0.314 e. The zero-order valence-electron chi connectivity index (χ0n) is 8.24. The summed E-state index contributed by atoms with van der Waals surface area (Å²) in [6.45, 7) is 3.76. The maximum absolute atomic E-state index is 11.5. The fourth-order valence-corrected chi connectivity index (χ4v) is 1.29. The van der Waals surface area contributed by atoms with Crippen molar-refractivity contribution >= 4 is 17.7 Å². The van der Waals surface area contributed by atoms with Gasteiger partial charge in [-0.2, -0.15) is 0 Å². The van der Waals surface area contributed by atoms with E-state index in [1.54, 1.807) is 0 Å². The molecule has 14 heavy (non-hydrogen) atoms. The molecule has 0 spiro atoms. The number of nitrogens with zero attached hydrogens (tertiary/aromatic N) is 2. The molecule has 0 unspecified atom stereocenters. The molecule has 1 fully saturated rings. The molecular formula is C8H13N3O3. The minimum atomic E-state index is -0.324. The Labute approximate surface area is 81.8 Å². The lowest BCUT2D eigenvalue weighted by molar-refractivity contribution is -0.122. The van der Waals surface area contributed by atoms with Crippen LogP contribution in [0.1, 0.15) is 13.8 Å². The number of amides is 3. The largest absolute Gasteiger partial charge is 0.339 e. The quantitative estimate of drug-likeness (QED) is 0.657. The molecule has 1 aliphatic rings. The molecule has 78 valence electrons. The summed E-state index contributed by atoms with van der Waals surface area (Å²) in [5.41, 5.74) is 2.39. The van der Waals surface area contributed by atoms with E-state index in [0.29, 0.717) is 13.1 Å². The van der Waals surface area contributed by atoms with Crippen molar-refractivity contribution in [3.05, 3.63) is 0 Å². The van der Waals surface area contributed by atoms with Crippen molar-refractivity contribution in [2.24, 2.45) is 0 Å². The van der Waals surface area contributed by atoms with Gasteiger partial charge in [-0.3, -0.25) is 15.0 Å². The van der Waals surface area contributed by atoms with E-state index in [2.05, 4.69) is 5.43 Å². The number of hydrogen-bond donors (Lipinski definition) is 1. The van der Waals surface area contributed by atoms with Crippen LogP contribution in [0.2, 0.25) is 0 Å². The Hall–Kier alpha value is -1.59. The minimum Gasteiger partial charge on any atom is -0.314 e. The molecule has 1 N–H and O–H groups in total. The Morgan fingerprint density at radius 1 is 1.36 bits per heavy atom. The van der Waals surface area contributed by atoms with Crippen molar-refractivity contribution in [2.45, 2.75) is 13.8 Å². The molecule has 0 aromatic rings. The number of urea groups is 1. The van der Waals surface area contributed by atoms with Gasteiger partial charge in [0, 0.05) is 13.5 Å². The zero-order valence-corrected chi connectivity index (χ0v) is 8.24. The van der Waals surface area contributed by atoms with Gasteiger partial charge in [0.25, 0.3) is 0 Å². The SMILES string of the molecule is CC(=O)CN1CCN(NC(C)=O)C1=O. The van der Waals surface area contributed by atoms with Gasteiger partial charge in [-0.05, 0) is 6.92 Å². The van der Waals surface area contributed by atoms with Crippen LogP contribution in [-0.4, -0.2) is 47.3 Å². The predicted molar refractivity (Wildman–Crippen MR) is 48.2 cm³/mol. The minimum absolute atomic E-state index is 0.0666. The van der Waals surface area contributed by atoms with E-state index in [1.807, 2.05) is 0 Å². The summed E-state index contributed by atoms with van der Waals surface area (Å²) in [5, 5.41) is 1.21. The zero-order chi connectivity index (χ0) is 10.7. The molecule has 0 aromatic heterocycles. The third kappa shape index (κ3) is 2.45. The number of carbonyl (C=O) groups excluding carboxylic acids is 3. The Bertz CT molecular complexity index is 251. The monoisotopic (exact) mass is 199 g/mol. The first kappa shape index (κ1) is 10.5. The highest BCUT2D eigenvalue weighted by Crippen LogP contribution is 2.05. The lowest BCUT2D eigenvalue weighted by Crippen LogP contribution is -2.44. The molecule has 6 heteroatoms. The highest BCUT2D eigenvalue weighted by Gasteiger charge is 2.29. The van der Waals surface area contributed by atoms with Gasteiger partial charge in [0.1, 0.15) is 5.78 Å². The number of hydrogen-bond acceptors (Lipinski definition) is 3. The van der Waals surface area contributed by atoms with Gasteiger partial charge >= 0.3 is 6.03 Å². The first-order chi connectivity index (χ1) is 6.50. The molecule has 6 nitrogen and oxygen atoms in total. The molecular weight excluding hydrogens is 186 g/mol. The Morgan fingerprint density at radius 2 is 2.00 bits per heavy atom. The molecule has 0 saturated carbocycles. The number of nitrogens with one attached hydrogen (secondary N) is 1. The highest BCUT2D eigenvalue weighted by molar-refractivity contribution is 5.86. The van der Waals surface area contributed by atoms with Crippen LogP contribution in [0.5, 0.6) is 0 Å². The molecule has 3 amide bonds. The van der Waals surface area contributed by atoms with Gasteiger partial charge in [-0.15, -0.1) is 0 Å². The average molecular weight is 199 g/mol. The summed E-state index contributed by atoms with van der Waals surface area (Å²) in [4.78, 5) is 34.3. The van der Waals surface area contributed by atoms with E-state index in [-0.39, 0.29) is 24.3 Å². The van der Waals surface area contributed by atoms with Gasteiger partial charge in [-0.25, -0.2) is 9.80 Å². The fourth-order valence-electron chi connectivity index (χ4n) is 1.29. The average Bonchev–Trinajstić information content (AvgIpc) is 2.34. The second kappa shape index (κ2) is 4.08. The van der Waals surface area contributed by atoms with Crippen LogP contribution in [-0.2, 0) is 9.59 Å². The first-order valence-corrected chi connectivity index (χ1v) is 4.34. The number of hydrazine groups is 1. The fraction of sp³-hybridized carbons (Fsp3) is 0.625. The van der Waals surface area contributed by atoms with E-state index in [4.69, 9.17) is 0 Å². The lowest BCUT2D eigenvalue weighted by Gasteiger charge is -2.17. The number of carbonyl (C=O) groups is 3. The van der Waals surface area contributed by atoms with Crippen molar-refractivity contribution in [1.29, 1.82) is 0 Å². The number of Topliss-reactive ketones (excluding diaryl/α,β-unsaturated/α-hetero) is 1. The van der Waals surface area contributed by atoms with Gasteiger partial charge in [0.15, 0.2) is 0 Å². The van der Waals surface area contributed by atoms with Crippen molar-refractivity contribution in [1.82, 2.24) is 15.3 Å². The summed E-state index contributed by atoms with van der Waals surface area (Å²) in [5.74, 6) is -0.356. The Balaban J connectivity index is 2.51. The van der Waals surface area contributed by atoms with E-state index in [1.165, 1.54) is 23.8 Å². The molecule has 1 aliphatic heterocycles. The van der Waals surface area contributed by atoms with E-state index in [0.717, 1.165) is 0 Å². The number of rotatable bonds is 3. The Kier molecular flexibility index (Phi) is 3.06. The van der Waals surface area contributed by atoms with E-state index < -0.39 is 0 Å². The summed E-state index contributed by atoms with van der Waals surface area (Å²) in [7, 11) is 0. The van der Waals surface area contributed by atoms with Gasteiger partial charge in [-0.1, -0.05) is 0 Å². The van der Waals surface area contributed by atoms with E-state index >= 15 is 0 Å². The third-order valence-electron chi connectivity index (χ3n) is 1.80. The maximum atomic E-state index is 11.5. The molecule has 0 atom stereocenters. The van der Waals surface area contributed by atoms with Crippen LogP contribution in [0.25, 0.3) is 0 Å². The van der Waals surface area contributed by atoms with Crippen LogP contribution in [0.3, 0.4) is 0 Å². The molecule has 1 rings (SSSR count). The van der Waals surface area contributed by atoms with Crippen molar-refractivity contribution < 1.29 is 14.4 Å². The summed E-state index contributed by atoms with van der Waals surface area (Å²) >= 11 is 0. The first-order valence-electron chi connectivity index (χ1n) is 4.34. The van der Waals surface area contributed by atoms with Crippen molar-refractivity contribution in [2.75, 3.05) is 19.6 Å². The normalized spacial score (nSPS) is 16.0. The molecule has 0 aliphatic carbocycles. The molecule has 1 saturated heterocycles. The third-order valence-corrected chi connectivity index (χ3v) is 1.80. The maximum Gasteiger partial charge on any atom is 0.339 e. The summed E-state index contributed by atoms with van der Waals surface area (Å²) < 4.78 is 0. The second-order valence-corrected chi connectivity index (χ2v) is 3.23. The van der Waals surface area contributed by atoms with Crippen molar-refractivity contribution in [3.8, 4) is 0 Å². The second-order valence-electron chi connectivity index (χ2n) is 3.23. The summed E-state index contributed by atoms with van der Waals surface area (Å²) in [6, 6.07) is -0.324. The lowest BCUT2D eigenvalue weighted by atomic mass is 10.4. The topological polar surface area (TPSA) is 69.7 Å². The van der Waals surface area contributed by atoms with Gasteiger partial charge in [0.05, 0.1) is 13.1 Å². The number of ketones is 1. The predicted octanol–water partition coefficient (Wildman–Crippen LogP) is -0.636.